The lowest BCUT2D eigenvalue weighted by molar-refractivity contribution is -0.121. The Morgan fingerprint density at radius 1 is 0.812 bits per heavy atom. The van der Waals surface area contributed by atoms with Gasteiger partial charge in [-0.2, -0.15) is 0 Å². The van der Waals surface area contributed by atoms with E-state index in [1.165, 1.54) is 38.5 Å². The van der Waals surface area contributed by atoms with Crippen molar-refractivity contribution < 1.29 is 4.79 Å². The van der Waals surface area contributed by atoms with E-state index in [0.717, 1.165) is 25.8 Å². The van der Waals surface area contributed by atoms with Crippen molar-refractivity contribution in [1.82, 2.24) is 5.32 Å². The monoisotopic (exact) mass is 223 g/mol. The highest BCUT2D eigenvalue weighted by atomic mass is 16.1. The molecule has 0 fully saturated rings. The highest BCUT2D eigenvalue weighted by Gasteiger charge is 1.99. The number of carbonyl (C=O) groups excluding carboxylic acids is 1. The van der Waals surface area contributed by atoms with Crippen LogP contribution in [0.4, 0.5) is 0 Å². The number of carbonyl (C=O) groups is 1. The van der Waals surface area contributed by atoms with Crippen molar-refractivity contribution in [3.05, 3.63) is 12.2 Å². The highest BCUT2D eigenvalue weighted by molar-refractivity contribution is 5.75. The normalized spacial score (nSPS) is 23.9. The zero-order chi connectivity index (χ0) is 11.5. The third-order valence-corrected chi connectivity index (χ3v) is 3.06. The number of allylic oxidation sites excluding steroid dienone is 2. The fraction of sp³-hybridized carbons (Fsp3) is 0.786. The van der Waals surface area contributed by atoms with Crippen molar-refractivity contribution in [3.63, 3.8) is 0 Å². The molecular weight excluding hydrogens is 198 g/mol. The van der Waals surface area contributed by atoms with Crippen LogP contribution in [0.25, 0.3) is 0 Å². The zero-order valence-electron chi connectivity index (χ0n) is 10.3. The van der Waals surface area contributed by atoms with Crippen LogP contribution in [0.3, 0.4) is 0 Å². The Morgan fingerprint density at radius 3 is 2.25 bits per heavy atom. The molecule has 0 aromatic rings. The predicted octanol–water partition coefficient (Wildman–Crippen LogP) is 3.57. The maximum atomic E-state index is 11.4. The van der Waals surface area contributed by atoms with Gasteiger partial charge in [-0.3, -0.25) is 4.79 Å². The van der Waals surface area contributed by atoms with Crippen LogP contribution in [0, 0.1) is 0 Å². The van der Waals surface area contributed by atoms with Crippen molar-refractivity contribution >= 4 is 5.91 Å². The molecule has 1 aliphatic heterocycles. The molecule has 2 heteroatoms. The molecule has 0 aliphatic carbocycles. The minimum atomic E-state index is 0.225. The summed E-state index contributed by atoms with van der Waals surface area (Å²) in [7, 11) is 0. The fourth-order valence-electron chi connectivity index (χ4n) is 2.03. The molecule has 1 amide bonds. The van der Waals surface area contributed by atoms with Gasteiger partial charge in [0, 0.05) is 13.0 Å². The van der Waals surface area contributed by atoms with Crippen molar-refractivity contribution in [2.45, 2.75) is 64.2 Å². The Hall–Kier alpha value is -0.790. The maximum Gasteiger partial charge on any atom is 0.220 e. The molecule has 1 N–H and O–H groups in total. The van der Waals surface area contributed by atoms with Crippen LogP contribution >= 0.6 is 0 Å². The smallest absolute Gasteiger partial charge is 0.220 e. The van der Waals surface area contributed by atoms with Gasteiger partial charge in [-0.15, -0.1) is 0 Å². The maximum absolute atomic E-state index is 11.4. The molecule has 0 radical (unpaired) electrons. The van der Waals surface area contributed by atoms with Gasteiger partial charge in [0.1, 0.15) is 0 Å². The summed E-state index contributed by atoms with van der Waals surface area (Å²) in [6.45, 7) is 0.870. The SMILES string of the molecule is O=C1CCC/C=C\CCCCCCCCN1. The lowest BCUT2D eigenvalue weighted by Crippen LogP contribution is -2.23. The number of amides is 1. The van der Waals surface area contributed by atoms with Crippen molar-refractivity contribution in [2.24, 2.45) is 0 Å². The molecule has 1 heterocycles. The molecule has 0 bridgehead atoms. The predicted molar refractivity (Wildman–Crippen MR) is 68.3 cm³/mol. The average Bonchev–Trinajstić information content (AvgIpc) is 2.29. The van der Waals surface area contributed by atoms with E-state index in [0.29, 0.717) is 6.42 Å². The molecule has 2 nitrogen and oxygen atoms in total. The van der Waals surface area contributed by atoms with Gasteiger partial charge in [-0.05, 0) is 32.1 Å². The lowest BCUT2D eigenvalue weighted by Gasteiger charge is -2.04. The van der Waals surface area contributed by atoms with Crippen LogP contribution in [0.2, 0.25) is 0 Å². The molecule has 0 aromatic heterocycles. The Balaban J connectivity index is 2.20. The lowest BCUT2D eigenvalue weighted by atomic mass is 10.1. The van der Waals surface area contributed by atoms with Crippen LogP contribution in [0.5, 0.6) is 0 Å². The quantitative estimate of drug-likeness (QED) is 0.625. The number of nitrogens with one attached hydrogen (secondary N) is 1. The van der Waals surface area contributed by atoms with Crippen molar-refractivity contribution in [3.8, 4) is 0 Å². The molecule has 1 rings (SSSR count). The van der Waals surface area contributed by atoms with Gasteiger partial charge >= 0.3 is 0 Å². The molecule has 0 atom stereocenters. The summed E-state index contributed by atoms with van der Waals surface area (Å²) in [5, 5.41) is 2.99. The van der Waals surface area contributed by atoms with Crippen LogP contribution in [0.1, 0.15) is 64.2 Å². The van der Waals surface area contributed by atoms with Crippen molar-refractivity contribution in [2.75, 3.05) is 6.54 Å². The van der Waals surface area contributed by atoms with E-state index >= 15 is 0 Å². The van der Waals surface area contributed by atoms with Gasteiger partial charge < -0.3 is 5.32 Å². The molecule has 0 spiro atoms. The molecule has 0 saturated carbocycles. The Bertz CT molecular complexity index is 211. The summed E-state index contributed by atoms with van der Waals surface area (Å²) in [5.41, 5.74) is 0. The van der Waals surface area contributed by atoms with E-state index in [1.54, 1.807) is 0 Å². The summed E-state index contributed by atoms with van der Waals surface area (Å²) in [5.74, 6) is 0.225. The van der Waals surface area contributed by atoms with Crippen LogP contribution in [-0.4, -0.2) is 12.5 Å². The summed E-state index contributed by atoms with van der Waals surface area (Å²) in [4.78, 5) is 11.4. The van der Waals surface area contributed by atoms with Crippen LogP contribution < -0.4 is 5.32 Å². The summed E-state index contributed by atoms with van der Waals surface area (Å²) < 4.78 is 0. The van der Waals surface area contributed by atoms with Gasteiger partial charge in [-0.25, -0.2) is 0 Å². The largest absolute Gasteiger partial charge is 0.356 e. The molecule has 0 unspecified atom stereocenters. The van der Waals surface area contributed by atoms with Crippen LogP contribution in [-0.2, 0) is 4.79 Å². The summed E-state index contributed by atoms with van der Waals surface area (Å²) >= 11 is 0. The number of hydrogen-bond donors (Lipinski definition) is 1. The molecular formula is C14H25NO. The topological polar surface area (TPSA) is 29.1 Å². The number of rotatable bonds is 0. The van der Waals surface area contributed by atoms with E-state index in [9.17, 15) is 4.79 Å². The van der Waals surface area contributed by atoms with E-state index in [4.69, 9.17) is 0 Å². The van der Waals surface area contributed by atoms with E-state index < -0.39 is 0 Å². The molecule has 92 valence electrons. The second-order valence-corrected chi connectivity index (χ2v) is 4.62. The first-order chi connectivity index (χ1) is 7.89. The minimum Gasteiger partial charge on any atom is -0.356 e. The molecule has 0 aromatic carbocycles. The average molecular weight is 223 g/mol. The van der Waals surface area contributed by atoms with E-state index in [2.05, 4.69) is 17.5 Å². The second kappa shape index (κ2) is 9.44. The van der Waals surface area contributed by atoms with E-state index in [1.807, 2.05) is 0 Å². The first kappa shape index (κ1) is 13.3. The molecule has 1 aliphatic rings. The Labute approximate surface area is 99.5 Å². The minimum absolute atomic E-state index is 0.225. The number of hydrogen-bond acceptors (Lipinski definition) is 1. The molecule has 16 heavy (non-hydrogen) atoms. The molecule has 0 saturated heterocycles. The Morgan fingerprint density at radius 2 is 1.44 bits per heavy atom. The van der Waals surface area contributed by atoms with E-state index in [-0.39, 0.29) is 5.91 Å². The first-order valence-corrected chi connectivity index (χ1v) is 6.81. The van der Waals surface area contributed by atoms with Gasteiger partial charge in [-0.1, -0.05) is 37.8 Å². The third-order valence-electron chi connectivity index (χ3n) is 3.06. The highest BCUT2D eigenvalue weighted by Crippen LogP contribution is 2.08. The summed E-state index contributed by atoms with van der Waals surface area (Å²) in [6, 6.07) is 0. The fourth-order valence-corrected chi connectivity index (χ4v) is 2.03. The van der Waals surface area contributed by atoms with Gasteiger partial charge in [0.05, 0.1) is 0 Å². The second-order valence-electron chi connectivity index (χ2n) is 4.62. The zero-order valence-corrected chi connectivity index (χ0v) is 10.3. The Kier molecular flexibility index (Phi) is 7.83. The van der Waals surface area contributed by atoms with Crippen LogP contribution in [0.15, 0.2) is 12.2 Å². The van der Waals surface area contributed by atoms with Gasteiger partial charge in [0.25, 0.3) is 0 Å². The summed E-state index contributed by atoms with van der Waals surface area (Å²) in [6.07, 6.45) is 16.2. The van der Waals surface area contributed by atoms with Crippen molar-refractivity contribution in [1.29, 1.82) is 0 Å². The third kappa shape index (κ3) is 7.49. The standard InChI is InChI=1S/C14H25NO/c16-14-12-10-8-6-4-2-1-3-5-7-9-11-13-15-14/h4,6H,1-3,5,7-13H2,(H,15,16)/b6-4-. The van der Waals surface area contributed by atoms with Gasteiger partial charge in [0.15, 0.2) is 0 Å². The van der Waals surface area contributed by atoms with Gasteiger partial charge in [0.2, 0.25) is 5.91 Å². The first-order valence-electron chi connectivity index (χ1n) is 6.81.